The molecule has 126 valence electrons. The summed E-state index contributed by atoms with van der Waals surface area (Å²) in [5.74, 6) is 0.352. The van der Waals surface area contributed by atoms with Crippen LogP contribution in [0.25, 0.3) is 11.3 Å². The van der Waals surface area contributed by atoms with Crippen molar-refractivity contribution in [3.63, 3.8) is 0 Å². The number of phenols is 1. The van der Waals surface area contributed by atoms with E-state index in [1.54, 1.807) is 0 Å². The number of benzene rings is 1. The van der Waals surface area contributed by atoms with Gasteiger partial charge in [0.15, 0.2) is 0 Å². The lowest BCUT2D eigenvalue weighted by Gasteiger charge is -2.28. The molecule has 0 unspecified atom stereocenters. The van der Waals surface area contributed by atoms with Crippen molar-refractivity contribution in [2.24, 2.45) is 0 Å². The fourth-order valence-corrected chi connectivity index (χ4v) is 2.85. The molecule has 0 aliphatic rings. The first-order valence-corrected chi connectivity index (χ1v) is 8.14. The lowest BCUT2D eigenvalue weighted by atomic mass is 9.78. The normalized spacial score (nSPS) is 12.7. The second-order valence-corrected chi connectivity index (χ2v) is 8.21. The number of nitrogens with one attached hydrogen (secondary N) is 2. The molecule has 1 aromatic heterocycles. The fraction of sp³-hybridized carbons (Fsp3) is 0.526. The van der Waals surface area contributed by atoms with Gasteiger partial charge in [0.2, 0.25) is 0 Å². The number of H-pyrrole nitrogens is 2. The predicted octanol–water partition coefficient (Wildman–Crippen LogP) is 4.23. The maximum Gasteiger partial charge on any atom is 0.323 e. The molecule has 0 saturated heterocycles. The van der Waals surface area contributed by atoms with E-state index in [9.17, 15) is 9.90 Å². The van der Waals surface area contributed by atoms with Crippen molar-refractivity contribution < 1.29 is 5.11 Å². The van der Waals surface area contributed by atoms with Gasteiger partial charge >= 0.3 is 5.69 Å². The first-order chi connectivity index (χ1) is 10.4. The number of aromatic hydroxyl groups is 1. The van der Waals surface area contributed by atoms with Gasteiger partial charge in [0.25, 0.3) is 0 Å². The molecule has 1 aromatic carbocycles. The van der Waals surface area contributed by atoms with E-state index in [1.807, 2.05) is 19.1 Å². The average Bonchev–Trinajstić information content (AvgIpc) is 2.77. The van der Waals surface area contributed by atoms with Crippen LogP contribution in [-0.2, 0) is 17.3 Å². The molecular weight excluding hydrogens is 288 g/mol. The SMILES string of the molecule is CCc1[nH]c(=O)[nH]c1-c1cc(C(C)(C)C)c(O)c(C(C)(C)C)c1. The Labute approximate surface area is 138 Å². The van der Waals surface area contributed by atoms with Crippen LogP contribution < -0.4 is 5.69 Å². The number of phenolic OH excluding ortho intramolecular Hbond substituents is 1. The zero-order chi connectivity index (χ0) is 17.6. The van der Waals surface area contributed by atoms with Crippen LogP contribution in [-0.4, -0.2) is 15.1 Å². The molecule has 0 spiro atoms. The molecule has 0 aliphatic heterocycles. The zero-order valence-electron chi connectivity index (χ0n) is 15.2. The highest BCUT2D eigenvalue weighted by Gasteiger charge is 2.27. The molecule has 1 heterocycles. The Bertz CT molecular complexity index is 733. The summed E-state index contributed by atoms with van der Waals surface area (Å²) in [4.78, 5) is 17.5. The van der Waals surface area contributed by atoms with Gasteiger partial charge in [-0.3, -0.25) is 0 Å². The molecule has 0 radical (unpaired) electrons. The van der Waals surface area contributed by atoms with Crippen LogP contribution in [0.4, 0.5) is 0 Å². The molecule has 0 saturated carbocycles. The van der Waals surface area contributed by atoms with Crippen molar-refractivity contribution in [1.29, 1.82) is 0 Å². The van der Waals surface area contributed by atoms with Crippen molar-refractivity contribution in [3.8, 4) is 17.0 Å². The van der Waals surface area contributed by atoms with Gasteiger partial charge in [0.1, 0.15) is 5.75 Å². The summed E-state index contributed by atoms with van der Waals surface area (Å²) in [6.45, 7) is 14.5. The highest BCUT2D eigenvalue weighted by molar-refractivity contribution is 5.68. The number of hydrogen-bond acceptors (Lipinski definition) is 2. The van der Waals surface area contributed by atoms with Gasteiger partial charge in [0.05, 0.1) is 5.69 Å². The second kappa shape index (κ2) is 5.59. The van der Waals surface area contributed by atoms with Crippen LogP contribution in [0.2, 0.25) is 0 Å². The maximum atomic E-state index is 11.7. The van der Waals surface area contributed by atoms with Gasteiger partial charge in [-0.25, -0.2) is 4.79 Å². The Morgan fingerprint density at radius 3 is 1.83 bits per heavy atom. The van der Waals surface area contributed by atoms with E-state index >= 15 is 0 Å². The maximum absolute atomic E-state index is 11.7. The Balaban J connectivity index is 2.82. The second-order valence-electron chi connectivity index (χ2n) is 8.21. The van der Waals surface area contributed by atoms with Crippen molar-refractivity contribution in [1.82, 2.24) is 9.97 Å². The van der Waals surface area contributed by atoms with Crippen LogP contribution in [0, 0.1) is 0 Å². The number of aromatic nitrogens is 2. The lowest BCUT2D eigenvalue weighted by molar-refractivity contribution is 0.423. The minimum absolute atomic E-state index is 0.191. The molecule has 23 heavy (non-hydrogen) atoms. The average molecular weight is 316 g/mol. The minimum Gasteiger partial charge on any atom is -0.507 e. The molecule has 0 fully saturated rings. The topological polar surface area (TPSA) is 68.9 Å². The largest absolute Gasteiger partial charge is 0.507 e. The van der Waals surface area contributed by atoms with E-state index < -0.39 is 0 Å². The molecule has 4 heteroatoms. The van der Waals surface area contributed by atoms with E-state index in [2.05, 4.69) is 51.5 Å². The molecule has 0 atom stereocenters. The predicted molar refractivity (Wildman–Crippen MR) is 95.3 cm³/mol. The molecule has 0 bridgehead atoms. The summed E-state index contributed by atoms with van der Waals surface area (Å²) < 4.78 is 0. The Morgan fingerprint density at radius 1 is 0.957 bits per heavy atom. The minimum atomic E-state index is -0.195. The van der Waals surface area contributed by atoms with Gasteiger partial charge in [-0.05, 0) is 29.4 Å². The highest BCUT2D eigenvalue weighted by atomic mass is 16.3. The summed E-state index contributed by atoms with van der Waals surface area (Å²) in [5, 5.41) is 10.8. The van der Waals surface area contributed by atoms with Gasteiger partial charge in [-0.2, -0.15) is 0 Å². The zero-order valence-corrected chi connectivity index (χ0v) is 15.2. The molecule has 2 rings (SSSR count). The summed E-state index contributed by atoms with van der Waals surface area (Å²) >= 11 is 0. The van der Waals surface area contributed by atoms with E-state index in [0.717, 1.165) is 34.5 Å². The van der Waals surface area contributed by atoms with Gasteiger partial charge in [-0.1, -0.05) is 48.5 Å². The summed E-state index contributed by atoms with van der Waals surface area (Å²) in [6, 6.07) is 3.98. The summed E-state index contributed by atoms with van der Waals surface area (Å²) in [6.07, 6.45) is 0.741. The van der Waals surface area contributed by atoms with Crippen molar-refractivity contribution >= 4 is 0 Å². The van der Waals surface area contributed by atoms with Crippen LogP contribution in [0.1, 0.15) is 65.3 Å². The smallest absolute Gasteiger partial charge is 0.323 e. The number of aryl methyl sites for hydroxylation is 1. The van der Waals surface area contributed by atoms with Crippen molar-refractivity contribution in [2.45, 2.75) is 65.7 Å². The first kappa shape index (κ1) is 17.4. The van der Waals surface area contributed by atoms with Crippen LogP contribution in [0.15, 0.2) is 16.9 Å². The van der Waals surface area contributed by atoms with E-state index in [0.29, 0.717) is 5.75 Å². The fourth-order valence-electron chi connectivity index (χ4n) is 2.85. The van der Waals surface area contributed by atoms with Crippen molar-refractivity contribution in [3.05, 3.63) is 39.4 Å². The number of imidazole rings is 1. The Morgan fingerprint density at radius 2 is 1.43 bits per heavy atom. The van der Waals surface area contributed by atoms with E-state index in [1.165, 1.54) is 0 Å². The van der Waals surface area contributed by atoms with E-state index in [4.69, 9.17) is 0 Å². The molecule has 0 aliphatic carbocycles. The molecule has 0 amide bonds. The third-order valence-electron chi connectivity index (χ3n) is 4.17. The third kappa shape index (κ3) is 3.36. The summed E-state index contributed by atoms with van der Waals surface area (Å²) in [5.41, 5.74) is 3.85. The third-order valence-corrected chi connectivity index (χ3v) is 4.17. The van der Waals surface area contributed by atoms with Gasteiger partial charge < -0.3 is 15.1 Å². The quantitative estimate of drug-likeness (QED) is 0.776. The van der Waals surface area contributed by atoms with Crippen molar-refractivity contribution in [2.75, 3.05) is 0 Å². The number of hydrogen-bond donors (Lipinski definition) is 3. The molecule has 4 nitrogen and oxygen atoms in total. The van der Waals surface area contributed by atoms with Gasteiger partial charge in [0, 0.05) is 22.4 Å². The van der Waals surface area contributed by atoms with Crippen LogP contribution in [0.3, 0.4) is 0 Å². The monoisotopic (exact) mass is 316 g/mol. The molecule has 3 N–H and O–H groups in total. The van der Waals surface area contributed by atoms with E-state index in [-0.39, 0.29) is 16.5 Å². The highest BCUT2D eigenvalue weighted by Crippen LogP contribution is 2.41. The van der Waals surface area contributed by atoms with Crippen LogP contribution >= 0.6 is 0 Å². The number of rotatable bonds is 2. The van der Waals surface area contributed by atoms with Crippen LogP contribution in [0.5, 0.6) is 5.75 Å². The van der Waals surface area contributed by atoms with Gasteiger partial charge in [-0.15, -0.1) is 0 Å². The molecule has 2 aromatic rings. The standard InChI is InChI=1S/C19H28N2O2/c1-8-14-15(21-17(23)20-14)11-9-12(18(2,3)4)16(22)13(10-11)19(5,6)7/h9-10,22H,8H2,1-7H3,(H2,20,21,23). The Kier molecular flexibility index (Phi) is 4.22. The molecular formula is C19H28N2O2. The Hall–Kier alpha value is -1.97. The number of aromatic amines is 2. The first-order valence-electron chi connectivity index (χ1n) is 8.14. The lowest BCUT2D eigenvalue weighted by Crippen LogP contribution is -2.17. The summed E-state index contributed by atoms with van der Waals surface area (Å²) in [7, 11) is 0.